The van der Waals surface area contributed by atoms with Crippen molar-refractivity contribution < 1.29 is 33.7 Å². The van der Waals surface area contributed by atoms with Crippen molar-refractivity contribution in [1.82, 2.24) is 4.98 Å². The van der Waals surface area contributed by atoms with Crippen molar-refractivity contribution >= 4 is 17.9 Å². The Balaban J connectivity index is 1.64. The Labute approximate surface area is 239 Å². The number of allylic oxidation sites excluding steroid dienone is 1. The molecule has 0 bridgehead atoms. The Morgan fingerprint density at radius 2 is 1.71 bits per heavy atom. The highest BCUT2D eigenvalue weighted by molar-refractivity contribution is 5.90. The molecule has 2 heterocycles. The van der Waals surface area contributed by atoms with Gasteiger partial charge in [-0.25, -0.2) is 14.4 Å². The largest absolute Gasteiger partial charge is 0.458 e. The number of hydrogen-bond donors (Lipinski definition) is 1. The molecule has 5 rings (SSSR count). The van der Waals surface area contributed by atoms with E-state index in [2.05, 4.69) is 11.1 Å². The fourth-order valence-electron chi connectivity index (χ4n) is 6.71. The lowest BCUT2D eigenvalue weighted by molar-refractivity contribution is -0.251. The summed E-state index contributed by atoms with van der Waals surface area (Å²) in [5, 5.41) is 12.5. The fraction of sp³-hybridized carbons (Fsp3) is 0.394. The number of rotatable bonds is 6. The highest BCUT2D eigenvalue weighted by atomic mass is 16.6. The van der Waals surface area contributed by atoms with Crippen LogP contribution in [0.15, 0.2) is 90.3 Å². The summed E-state index contributed by atoms with van der Waals surface area (Å²) in [6.07, 6.45) is 9.38. The summed E-state index contributed by atoms with van der Waals surface area (Å²) in [7, 11) is 0. The van der Waals surface area contributed by atoms with Gasteiger partial charge in [0, 0.05) is 29.3 Å². The Hall–Kier alpha value is -4.04. The van der Waals surface area contributed by atoms with Crippen LogP contribution in [0.3, 0.4) is 0 Å². The lowest BCUT2D eigenvalue weighted by Crippen LogP contribution is -2.72. The smallest absolute Gasteiger partial charge is 0.340 e. The van der Waals surface area contributed by atoms with Gasteiger partial charge in [-0.3, -0.25) is 4.98 Å². The van der Waals surface area contributed by atoms with Crippen LogP contribution in [-0.2, 0) is 19.0 Å². The summed E-state index contributed by atoms with van der Waals surface area (Å²) < 4.78 is 17.5. The van der Waals surface area contributed by atoms with E-state index in [-0.39, 0.29) is 18.1 Å². The third-order valence-electron chi connectivity index (χ3n) is 9.42. The van der Waals surface area contributed by atoms with E-state index in [1.54, 1.807) is 55.6 Å². The Kier molecular flexibility index (Phi) is 7.46. The highest BCUT2D eigenvalue weighted by Crippen LogP contribution is 2.63. The molecule has 3 aliphatic rings. The van der Waals surface area contributed by atoms with Gasteiger partial charge in [-0.05, 0) is 62.4 Å². The van der Waals surface area contributed by atoms with Crippen molar-refractivity contribution in [2.75, 3.05) is 6.61 Å². The molecular weight excluding hydrogens is 522 g/mol. The van der Waals surface area contributed by atoms with Gasteiger partial charge in [-0.15, -0.1) is 0 Å². The Bertz CT molecular complexity index is 1430. The molecule has 2 aromatic rings. The molecule has 214 valence electrons. The second kappa shape index (κ2) is 10.7. The fourth-order valence-corrected chi connectivity index (χ4v) is 6.71. The maximum Gasteiger partial charge on any atom is 0.340 e. The molecule has 1 aromatic carbocycles. The minimum atomic E-state index is -1.70. The third-order valence-corrected chi connectivity index (χ3v) is 9.42. The lowest BCUT2D eigenvalue weighted by atomic mass is 9.44. The molecule has 0 spiro atoms. The van der Waals surface area contributed by atoms with Crippen molar-refractivity contribution in [3.05, 3.63) is 101 Å². The molecule has 0 amide bonds. The predicted octanol–water partition coefficient (Wildman–Crippen LogP) is 5.01. The molecule has 0 radical (unpaired) electrons. The normalized spacial score (nSPS) is 32.9. The molecule has 1 fully saturated rings. The molecule has 8 heteroatoms. The summed E-state index contributed by atoms with van der Waals surface area (Å²) >= 11 is 0. The molecule has 6 atom stereocenters. The maximum atomic E-state index is 13.5. The number of pyridine rings is 1. The first-order valence-electron chi connectivity index (χ1n) is 13.8. The number of aliphatic hydroxyl groups is 1. The van der Waals surface area contributed by atoms with Crippen molar-refractivity contribution in [2.24, 2.45) is 16.7 Å². The minimum Gasteiger partial charge on any atom is -0.458 e. The first-order valence-corrected chi connectivity index (χ1v) is 13.8. The average Bonchev–Trinajstić information content (AvgIpc) is 3.39. The number of esters is 3. The summed E-state index contributed by atoms with van der Waals surface area (Å²) in [4.78, 5) is 42.7. The van der Waals surface area contributed by atoms with Crippen molar-refractivity contribution in [1.29, 1.82) is 0 Å². The van der Waals surface area contributed by atoms with Crippen LogP contribution >= 0.6 is 0 Å². The summed E-state index contributed by atoms with van der Waals surface area (Å²) in [6.45, 7) is 7.71. The second-order valence-electron chi connectivity index (χ2n) is 11.6. The first kappa shape index (κ1) is 28.5. The molecule has 1 aliphatic heterocycles. The monoisotopic (exact) mass is 557 g/mol. The number of hydrogen-bond acceptors (Lipinski definition) is 8. The van der Waals surface area contributed by atoms with E-state index in [4.69, 9.17) is 14.2 Å². The highest BCUT2D eigenvalue weighted by Gasteiger charge is 2.69. The van der Waals surface area contributed by atoms with Gasteiger partial charge in [-0.2, -0.15) is 0 Å². The number of fused-ring (bicyclic) bond motifs is 1. The molecule has 2 aliphatic carbocycles. The molecule has 41 heavy (non-hydrogen) atoms. The Morgan fingerprint density at radius 3 is 2.37 bits per heavy atom. The van der Waals surface area contributed by atoms with E-state index in [1.807, 2.05) is 32.9 Å². The number of ether oxygens (including phenoxy) is 3. The number of benzene rings is 1. The van der Waals surface area contributed by atoms with Gasteiger partial charge in [0.2, 0.25) is 0 Å². The minimum absolute atomic E-state index is 0.144. The summed E-state index contributed by atoms with van der Waals surface area (Å²) in [6, 6.07) is 11.8. The standard InChI is InChI=1S/C33H35NO7/c1-21-10-8-14-25-31(2,16-15-22-18-26(35)39-20-22)33(4,38)28(41-30(37)24-13-9-17-34-19-24)27(32(21,25)3)40-29(36)23-11-6-5-7-12-23/h5-7,9-13,15-19,25,27-28,38H,8,14,20H2,1-4H3/b16-15+/t25?,27-,28-,31+,32-,33-/m0/s1. The van der Waals surface area contributed by atoms with E-state index in [1.165, 1.54) is 12.3 Å². The Morgan fingerprint density at radius 1 is 1.02 bits per heavy atom. The van der Waals surface area contributed by atoms with Gasteiger partial charge in [0.1, 0.15) is 12.2 Å². The van der Waals surface area contributed by atoms with Gasteiger partial charge < -0.3 is 19.3 Å². The summed E-state index contributed by atoms with van der Waals surface area (Å²) in [5.74, 6) is -1.89. The van der Waals surface area contributed by atoms with Gasteiger partial charge in [0.25, 0.3) is 0 Å². The second-order valence-corrected chi connectivity index (χ2v) is 11.6. The van der Waals surface area contributed by atoms with E-state index < -0.39 is 46.5 Å². The molecular formula is C33H35NO7. The van der Waals surface area contributed by atoms with Crippen LogP contribution in [0.1, 0.15) is 61.3 Å². The van der Waals surface area contributed by atoms with Crippen LogP contribution in [-0.4, -0.2) is 52.4 Å². The molecule has 0 saturated heterocycles. The topological polar surface area (TPSA) is 112 Å². The number of carbonyl (C=O) groups is 3. The van der Waals surface area contributed by atoms with Crippen LogP contribution in [0.4, 0.5) is 0 Å². The van der Waals surface area contributed by atoms with Gasteiger partial charge in [0.15, 0.2) is 12.2 Å². The van der Waals surface area contributed by atoms with E-state index in [9.17, 15) is 19.5 Å². The number of aromatic nitrogens is 1. The van der Waals surface area contributed by atoms with E-state index in [0.29, 0.717) is 17.6 Å². The maximum absolute atomic E-state index is 13.5. The van der Waals surface area contributed by atoms with Crippen LogP contribution in [0.25, 0.3) is 0 Å². The number of cyclic esters (lactones) is 1. The predicted molar refractivity (Wildman–Crippen MR) is 151 cm³/mol. The number of nitrogens with zero attached hydrogens (tertiary/aromatic N) is 1. The van der Waals surface area contributed by atoms with Gasteiger partial charge >= 0.3 is 17.9 Å². The lowest BCUT2D eigenvalue weighted by Gasteiger charge is -2.64. The molecule has 1 aromatic heterocycles. The van der Waals surface area contributed by atoms with E-state index >= 15 is 0 Å². The van der Waals surface area contributed by atoms with Crippen molar-refractivity contribution in [3.63, 3.8) is 0 Å². The zero-order chi connectivity index (χ0) is 29.4. The van der Waals surface area contributed by atoms with Crippen LogP contribution in [0.5, 0.6) is 0 Å². The van der Waals surface area contributed by atoms with Gasteiger partial charge in [0.05, 0.1) is 11.1 Å². The van der Waals surface area contributed by atoms with Crippen molar-refractivity contribution in [2.45, 2.75) is 58.3 Å². The molecule has 1 N–H and O–H groups in total. The summed E-state index contributed by atoms with van der Waals surface area (Å²) in [5.41, 5.74) is -1.25. The van der Waals surface area contributed by atoms with E-state index in [0.717, 1.165) is 12.0 Å². The average molecular weight is 558 g/mol. The zero-order valence-corrected chi connectivity index (χ0v) is 23.7. The SMILES string of the molecule is CC1=CCCC2[C@@]1(C)[C@@H](OC(=O)c1ccccc1)[C@H](OC(=O)c1cccnc1)[C@](C)(O)[C@]2(C)/C=C/C1=CC(=O)OC1. The van der Waals surface area contributed by atoms with Crippen LogP contribution in [0.2, 0.25) is 0 Å². The number of carbonyl (C=O) groups excluding carboxylic acids is 3. The van der Waals surface area contributed by atoms with Crippen LogP contribution < -0.4 is 0 Å². The van der Waals surface area contributed by atoms with Crippen molar-refractivity contribution in [3.8, 4) is 0 Å². The first-order chi connectivity index (χ1) is 19.5. The molecule has 8 nitrogen and oxygen atoms in total. The quantitative estimate of drug-likeness (QED) is 0.300. The van der Waals surface area contributed by atoms with Crippen LogP contribution in [0, 0.1) is 16.7 Å². The zero-order valence-electron chi connectivity index (χ0n) is 23.7. The van der Waals surface area contributed by atoms with Gasteiger partial charge in [-0.1, -0.05) is 55.8 Å². The molecule has 1 saturated carbocycles. The third kappa shape index (κ3) is 4.90. The molecule has 1 unspecified atom stereocenters.